The maximum absolute atomic E-state index is 13.0. The van der Waals surface area contributed by atoms with Crippen LogP contribution in [0.3, 0.4) is 0 Å². The largest absolute Gasteiger partial charge is 0.417 e. The van der Waals surface area contributed by atoms with Gasteiger partial charge in [-0.2, -0.15) is 13.2 Å². The summed E-state index contributed by atoms with van der Waals surface area (Å²) in [4.78, 5) is 0. The molecule has 0 bridgehead atoms. The van der Waals surface area contributed by atoms with Gasteiger partial charge in [0.1, 0.15) is 0 Å². The van der Waals surface area contributed by atoms with Crippen LogP contribution in [0.2, 0.25) is 0 Å². The number of halogens is 3. The Labute approximate surface area is 159 Å². The molecule has 1 aromatic carbocycles. The van der Waals surface area contributed by atoms with Gasteiger partial charge in [-0.3, -0.25) is 0 Å². The van der Waals surface area contributed by atoms with Crippen molar-refractivity contribution in [2.24, 2.45) is 5.92 Å². The number of ether oxygens (including phenoxy) is 2. The fraction of sp³-hybridized carbons (Fsp3) is 0.429. The number of allylic oxidation sites excluding steroid dienone is 2. The van der Waals surface area contributed by atoms with E-state index in [9.17, 15) is 13.2 Å². The number of benzene rings is 1. The average Bonchev–Trinajstić information content (AvgIpc) is 2.66. The van der Waals surface area contributed by atoms with Crippen molar-refractivity contribution in [3.05, 3.63) is 58.0 Å². The molecule has 0 radical (unpaired) electrons. The Morgan fingerprint density at radius 3 is 2.41 bits per heavy atom. The lowest BCUT2D eigenvalue weighted by atomic mass is 9.92. The van der Waals surface area contributed by atoms with Crippen molar-refractivity contribution in [1.29, 1.82) is 0 Å². The fourth-order valence-electron chi connectivity index (χ4n) is 3.11. The van der Waals surface area contributed by atoms with Gasteiger partial charge in [0.2, 0.25) is 0 Å². The van der Waals surface area contributed by atoms with Crippen molar-refractivity contribution in [3.63, 3.8) is 0 Å². The van der Waals surface area contributed by atoms with E-state index < -0.39 is 18.0 Å². The van der Waals surface area contributed by atoms with Gasteiger partial charge < -0.3 is 9.47 Å². The molecule has 1 saturated heterocycles. The zero-order valence-electron chi connectivity index (χ0n) is 15.3. The number of rotatable bonds is 4. The summed E-state index contributed by atoms with van der Waals surface area (Å²) in [5.41, 5.74) is 8.70. The van der Waals surface area contributed by atoms with Crippen LogP contribution in [0.5, 0.6) is 0 Å². The third kappa shape index (κ3) is 4.46. The molecule has 1 atom stereocenters. The van der Waals surface area contributed by atoms with E-state index in [4.69, 9.17) is 9.47 Å². The molecule has 2 nitrogen and oxygen atoms in total. The summed E-state index contributed by atoms with van der Waals surface area (Å²) in [5.74, 6) is 0.405. The molecule has 1 aliphatic carbocycles. The van der Waals surface area contributed by atoms with Crippen LogP contribution in [0.15, 0.2) is 46.9 Å². The van der Waals surface area contributed by atoms with Gasteiger partial charge in [-0.05, 0) is 47.5 Å². The lowest BCUT2D eigenvalue weighted by Crippen LogP contribution is -2.32. The van der Waals surface area contributed by atoms with E-state index in [0.717, 1.165) is 29.2 Å². The van der Waals surface area contributed by atoms with Crippen LogP contribution >= 0.6 is 9.24 Å². The highest BCUT2D eigenvalue weighted by molar-refractivity contribution is 7.27. The van der Waals surface area contributed by atoms with E-state index in [-0.39, 0.29) is 5.30 Å². The van der Waals surface area contributed by atoms with Crippen molar-refractivity contribution < 1.29 is 22.6 Å². The quantitative estimate of drug-likeness (QED) is 0.528. The Hall–Kier alpha value is -1.60. The van der Waals surface area contributed by atoms with Crippen LogP contribution in [0.4, 0.5) is 13.2 Å². The van der Waals surface area contributed by atoms with Gasteiger partial charge in [0.25, 0.3) is 0 Å². The van der Waals surface area contributed by atoms with Crippen LogP contribution in [-0.2, 0) is 15.7 Å². The molecule has 0 amide bonds. The summed E-state index contributed by atoms with van der Waals surface area (Å²) in [6.07, 6.45) is -1.16. The average molecular weight is 394 g/mol. The lowest BCUT2D eigenvalue weighted by Gasteiger charge is -2.29. The molecular formula is C21H22F3O2P. The van der Waals surface area contributed by atoms with Crippen molar-refractivity contribution >= 4 is 20.1 Å². The van der Waals surface area contributed by atoms with Crippen molar-refractivity contribution in [3.8, 4) is 0 Å². The van der Waals surface area contributed by atoms with E-state index in [1.807, 2.05) is 13.0 Å². The first-order valence-corrected chi connectivity index (χ1v) is 9.58. The van der Waals surface area contributed by atoms with E-state index in [2.05, 4.69) is 27.6 Å². The van der Waals surface area contributed by atoms with E-state index >= 15 is 0 Å². The van der Waals surface area contributed by atoms with E-state index in [1.165, 1.54) is 12.1 Å². The molecule has 144 valence electrons. The summed E-state index contributed by atoms with van der Waals surface area (Å²) in [7, 11) is 2.17. The maximum Gasteiger partial charge on any atom is 0.417 e. The minimum Gasteiger partial charge on any atom is -0.347 e. The van der Waals surface area contributed by atoms with Crippen LogP contribution in [0.25, 0.3) is 5.57 Å². The molecule has 0 saturated carbocycles. The Balaban J connectivity index is 1.93. The Morgan fingerprint density at radius 1 is 1.15 bits per heavy atom. The first-order valence-electron chi connectivity index (χ1n) is 9.00. The van der Waals surface area contributed by atoms with Crippen LogP contribution in [0.1, 0.15) is 37.8 Å². The molecule has 0 aromatic heterocycles. The van der Waals surface area contributed by atoms with Crippen molar-refractivity contribution in [1.82, 2.24) is 0 Å². The molecule has 1 unspecified atom stereocenters. The molecular weight excluding hydrogens is 372 g/mol. The molecule has 1 aromatic rings. The van der Waals surface area contributed by atoms with Gasteiger partial charge >= 0.3 is 6.18 Å². The monoisotopic (exact) mass is 394 g/mol. The highest BCUT2D eigenvalue weighted by Crippen LogP contribution is 2.33. The van der Waals surface area contributed by atoms with Gasteiger partial charge in [0.15, 0.2) is 6.29 Å². The van der Waals surface area contributed by atoms with Crippen LogP contribution in [-0.4, -0.2) is 19.5 Å². The summed E-state index contributed by atoms with van der Waals surface area (Å²) in [5, 5.41) is 0.115. The summed E-state index contributed by atoms with van der Waals surface area (Å²) in [6, 6.07) is 4.11. The molecule has 0 spiro atoms. The Morgan fingerprint density at radius 2 is 1.85 bits per heavy atom. The maximum atomic E-state index is 13.0. The normalized spacial score (nSPS) is 23.0. The number of hydrogen-bond donors (Lipinski definition) is 0. The lowest BCUT2D eigenvalue weighted by molar-refractivity contribution is -0.178. The smallest absolute Gasteiger partial charge is 0.347 e. The van der Waals surface area contributed by atoms with E-state index in [1.54, 1.807) is 0 Å². The molecule has 27 heavy (non-hydrogen) atoms. The highest BCUT2D eigenvalue weighted by atomic mass is 31.0. The topological polar surface area (TPSA) is 18.5 Å². The molecule has 1 aliphatic heterocycles. The summed E-state index contributed by atoms with van der Waals surface area (Å²) >= 11 is 0. The number of alkyl halides is 3. The van der Waals surface area contributed by atoms with Crippen molar-refractivity contribution in [2.45, 2.75) is 39.2 Å². The second-order valence-electron chi connectivity index (χ2n) is 6.68. The van der Waals surface area contributed by atoms with Gasteiger partial charge in [-0.25, -0.2) is 0 Å². The first-order chi connectivity index (χ1) is 12.8. The molecule has 1 heterocycles. The van der Waals surface area contributed by atoms with Gasteiger partial charge in [-0.1, -0.05) is 31.4 Å². The van der Waals surface area contributed by atoms with E-state index in [0.29, 0.717) is 31.1 Å². The third-order valence-electron chi connectivity index (χ3n) is 4.81. The SMILES string of the molecule is CCC1=CC(C2OCC(CC)CO2)=C=C=C1c1ccc(C(F)(F)F)c(P)c1. The zero-order valence-corrected chi connectivity index (χ0v) is 16.5. The second-order valence-corrected chi connectivity index (χ2v) is 7.30. The standard InChI is InChI=1S/C21H22F3O2P/c1-3-13-11-25-20(26-12-13)16-5-7-17(14(4-2)9-16)15-6-8-18(19(27)10-15)21(22,23)24/h6,8-10,13,20H,3-4,11-12,27H2,1-2H3. The van der Waals surface area contributed by atoms with Crippen molar-refractivity contribution in [2.75, 3.05) is 13.2 Å². The molecule has 2 aliphatic rings. The molecule has 6 heteroatoms. The summed E-state index contributed by atoms with van der Waals surface area (Å²) < 4.78 is 50.5. The summed E-state index contributed by atoms with van der Waals surface area (Å²) in [6.45, 7) is 5.39. The van der Waals surface area contributed by atoms with Crippen LogP contribution in [0, 0.1) is 5.92 Å². The minimum atomic E-state index is -4.37. The van der Waals surface area contributed by atoms with Gasteiger partial charge in [0.05, 0.1) is 24.4 Å². The first kappa shape index (κ1) is 20.1. The zero-order chi connectivity index (χ0) is 19.6. The Kier molecular flexibility index (Phi) is 6.11. The minimum absolute atomic E-state index is 0.115. The number of hydrogen-bond acceptors (Lipinski definition) is 2. The molecule has 0 N–H and O–H groups in total. The highest BCUT2D eigenvalue weighted by Gasteiger charge is 2.32. The van der Waals surface area contributed by atoms with Gasteiger partial charge in [0, 0.05) is 11.5 Å². The van der Waals surface area contributed by atoms with Crippen LogP contribution < -0.4 is 5.30 Å². The predicted molar refractivity (Wildman–Crippen MR) is 103 cm³/mol. The molecule has 1 fully saturated rings. The predicted octanol–water partition coefficient (Wildman–Crippen LogP) is 5.02. The Bertz CT molecular complexity index is 849. The fourth-order valence-corrected chi connectivity index (χ4v) is 3.55. The molecule has 3 rings (SSSR count). The second kappa shape index (κ2) is 8.19. The van der Waals surface area contributed by atoms with Gasteiger partial charge in [-0.15, -0.1) is 9.24 Å². The third-order valence-corrected chi connectivity index (χ3v) is 5.28.